The minimum absolute atomic E-state index is 0.00874. The van der Waals surface area contributed by atoms with E-state index in [1.807, 2.05) is 24.3 Å². The van der Waals surface area contributed by atoms with Gasteiger partial charge in [0.05, 0.1) is 12.0 Å². The second kappa shape index (κ2) is 9.12. The molecular formula is C27H30N2O5. The molecule has 178 valence electrons. The standard InChI is InChI=1S/C27H30N2O5/c30-24(31)14-27(11-5-6-12-27)29-25(32)22-13-17(22)15-28-26(33)34-16-23-20-9-3-1-7-18(20)19-8-2-4-10-21(19)23/h1-4,7-10,17,22-23H,5-6,11-16H2,(H,28,33)(H,29,32)(H,30,31)/t17-,22-/m0/s1. The number of amides is 2. The molecule has 2 aromatic rings. The Bertz CT molecular complexity index is 1060. The molecule has 3 N–H and O–H groups in total. The molecule has 34 heavy (non-hydrogen) atoms. The topological polar surface area (TPSA) is 105 Å². The van der Waals surface area contributed by atoms with Gasteiger partial charge in [0.2, 0.25) is 5.91 Å². The lowest BCUT2D eigenvalue weighted by atomic mass is 9.93. The van der Waals surface area contributed by atoms with E-state index in [-0.39, 0.29) is 36.7 Å². The Morgan fingerprint density at radius 2 is 1.59 bits per heavy atom. The summed E-state index contributed by atoms with van der Waals surface area (Å²) in [5.74, 6) is -1.09. The molecular weight excluding hydrogens is 432 g/mol. The van der Waals surface area contributed by atoms with Gasteiger partial charge in [-0.2, -0.15) is 0 Å². The summed E-state index contributed by atoms with van der Waals surface area (Å²) in [6, 6.07) is 16.4. The third-order valence-electron chi connectivity index (χ3n) is 7.55. The van der Waals surface area contributed by atoms with E-state index >= 15 is 0 Å². The largest absolute Gasteiger partial charge is 0.481 e. The highest BCUT2D eigenvalue weighted by Crippen LogP contribution is 2.44. The Morgan fingerprint density at radius 3 is 2.21 bits per heavy atom. The zero-order chi connectivity index (χ0) is 23.7. The van der Waals surface area contributed by atoms with Gasteiger partial charge in [0.1, 0.15) is 6.61 Å². The van der Waals surface area contributed by atoms with Crippen LogP contribution in [0.1, 0.15) is 55.6 Å². The van der Waals surface area contributed by atoms with E-state index in [4.69, 9.17) is 4.74 Å². The minimum Gasteiger partial charge on any atom is -0.481 e. The number of ether oxygens (including phenoxy) is 1. The van der Waals surface area contributed by atoms with Gasteiger partial charge in [0.25, 0.3) is 0 Å². The number of carboxylic acids is 1. The van der Waals surface area contributed by atoms with Crippen LogP contribution in [0.3, 0.4) is 0 Å². The maximum Gasteiger partial charge on any atom is 0.407 e. The van der Waals surface area contributed by atoms with Crippen molar-refractivity contribution in [2.75, 3.05) is 13.2 Å². The average molecular weight is 463 g/mol. The molecule has 0 saturated heterocycles. The first-order valence-corrected chi connectivity index (χ1v) is 12.1. The second-order valence-electron chi connectivity index (χ2n) is 9.86. The summed E-state index contributed by atoms with van der Waals surface area (Å²) >= 11 is 0. The van der Waals surface area contributed by atoms with Gasteiger partial charge in [0.15, 0.2) is 0 Å². The predicted molar refractivity (Wildman–Crippen MR) is 126 cm³/mol. The summed E-state index contributed by atoms with van der Waals surface area (Å²) in [6.45, 7) is 0.632. The molecule has 2 fully saturated rings. The van der Waals surface area contributed by atoms with Gasteiger partial charge in [-0.1, -0.05) is 61.4 Å². The van der Waals surface area contributed by atoms with Gasteiger partial charge in [0, 0.05) is 18.4 Å². The Kier molecular flexibility index (Phi) is 6.02. The monoisotopic (exact) mass is 462 g/mol. The third kappa shape index (κ3) is 4.52. The van der Waals surface area contributed by atoms with Crippen molar-refractivity contribution in [1.29, 1.82) is 0 Å². The zero-order valence-corrected chi connectivity index (χ0v) is 19.1. The number of nitrogens with one attached hydrogen (secondary N) is 2. The summed E-state index contributed by atoms with van der Waals surface area (Å²) < 4.78 is 5.57. The molecule has 0 radical (unpaired) electrons. The number of rotatable bonds is 8. The van der Waals surface area contributed by atoms with Crippen LogP contribution in [0.4, 0.5) is 4.79 Å². The van der Waals surface area contributed by atoms with E-state index in [9.17, 15) is 19.5 Å². The van der Waals surface area contributed by atoms with Crippen LogP contribution in [-0.4, -0.2) is 41.8 Å². The molecule has 5 rings (SSSR count). The number of fused-ring (bicyclic) bond motifs is 3. The highest BCUT2D eigenvalue weighted by molar-refractivity contribution is 5.83. The second-order valence-corrected chi connectivity index (χ2v) is 9.86. The van der Waals surface area contributed by atoms with Crippen LogP contribution in [0.5, 0.6) is 0 Å². The van der Waals surface area contributed by atoms with Gasteiger partial charge in [-0.15, -0.1) is 0 Å². The van der Waals surface area contributed by atoms with Gasteiger partial charge in [-0.05, 0) is 47.4 Å². The molecule has 3 aliphatic rings. The molecule has 2 aromatic carbocycles. The van der Waals surface area contributed by atoms with Crippen LogP contribution in [0.2, 0.25) is 0 Å². The molecule has 0 heterocycles. The van der Waals surface area contributed by atoms with E-state index in [1.54, 1.807) is 0 Å². The molecule has 2 atom stereocenters. The fraction of sp³-hybridized carbons (Fsp3) is 0.444. The van der Waals surface area contributed by atoms with Crippen molar-refractivity contribution in [3.8, 4) is 11.1 Å². The van der Waals surface area contributed by atoms with Gasteiger partial charge in [-0.3, -0.25) is 9.59 Å². The molecule has 0 spiro atoms. The van der Waals surface area contributed by atoms with Crippen molar-refractivity contribution in [3.63, 3.8) is 0 Å². The van der Waals surface area contributed by atoms with Crippen molar-refractivity contribution >= 4 is 18.0 Å². The summed E-state index contributed by atoms with van der Waals surface area (Å²) in [5.41, 5.74) is 4.08. The van der Waals surface area contributed by atoms with Crippen molar-refractivity contribution < 1.29 is 24.2 Å². The quantitative estimate of drug-likeness (QED) is 0.549. The minimum atomic E-state index is -0.883. The van der Waals surface area contributed by atoms with Crippen LogP contribution in [-0.2, 0) is 14.3 Å². The fourth-order valence-electron chi connectivity index (χ4n) is 5.70. The van der Waals surface area contributed by atoms with Crippen molar-refractivity contribution in [3.05, 3.63) is 59.7 Å². The van der Waals surface area contributed by atoms with Crippen LogP contribution in [0.15, 0.2) is 48.5 Å². The first-order valence-electron chi connectivity index (χ1n) is 12.1. The highest BCUT2D eigenvalue weighted by Gasteiger charge is 2.46. The van der Waals surface area contributed by atoms with Gasteiger partial charge >= 0.3 is 12.1 Å². The predicted octanol–water partition coefficient (Wildman–Crippen LogP) is 4.06. The summed E-state index contributed by atoms with van der Waals surface area (Å²) in [4.78, 5) is 36.3. The van der Waals surface area contributed by atoms with Crippen LogP contribution in [0, 0.1) is 11.8 Å². The highest BCUT2D eigenvalue weighted by atomic mass is 16.5. The van der Waals surface area contributed by atoms with E-state index in [2.05, 4.69) is 34.9 Å². The average Bonchev–Trinajstić information content (AvgIpc) is 3.37. The number of alkyl carbamates (subject to hydrolysis) is 1. The SMILES string of the molecule is O=C(O)CC1(NC(=O)[C@H]2C[C@H]2CNC(=O)OCC2c3ccccc3-c3ccccc32)CCCC1. The summed E-state index contributed by atoms with van der Waals surface area (Å²) in [5, 5.41) is 15.1. The fourth-order valence-corrected chi connectivity index (χ4v) is 5.70. The van der Waals surface area contributed by atoms with E-state index in [1.165, 1.54) is 11.1 Å². The number of hydrogen-bond acceptors (Lipinski definition) is 4. The number of aliphatic carboxylic acids is 1. The van der Waals surface area contributed by atoms with Crippen molar-refractivity contribution in [2.24, 2.45) is 11.8 Å². The number of carboxylic acid groups (broad SMARTS) is 1. The zero-order valence-electron chi connectivity index (χ0n) is 19.1. The van der Waals surface area contributed by atoms with Crippen LogP contribution >= 0.6 is 0 Å². The lowest BCUT2D eigenvalue weighted by molar-refractivity contribution is -0.139. The van der Waals surface area contributed by atoms with Crippen molar-refractivity contribution in [2.45, 2.75) is 50.0 Å². The summed E-state index contributed by atoms with van der Waals surface area (Å²) in [7, 11) is 0. The molecule has 3 aliphatic carbocycles. The Hall–Kier alpha value is -3.35. The summed E-state index contributed by atoms with van der Waals surface area (Å²) in [6.07, 6.45) is 3.47. The molecule has 0 aromatic heterocycles. The number of hydrogen-bond donors (Lipinski definition) is 3. The van der Waals surface area contributed by atoms with Crippen LogP contribution in [0.25, 0.3) is 11.1 Å². The number of carbonyl (C=O) groups excluding carboxylic acids is 2. The van der Waals surface area contributed by atoms with E-state index < -0.39 is 17.6 Å². The number of carbonyl (C=O) groups is 3. The molecule has 0 aliphatic heterocycles. The van der Waals surface area contributed by atoms with Gasteiger partial charge < -0.3 is 20.5 Å². The molecule has 2 saturated carbocycles. The first kappa shape index (κ1) is 22.4. The smallest absolute Gasteiger partial charge is 0.407 e. The first-order chi connectivity index (χ1) is 16.5. The lowest BCUT2D eigenvalue weighted by Gasteiger charge is -2.28. The normalized spacial score (nSPS) is 21.9. The van der Waals surface area contributed by atoms with E-state index in [0.29, 0.717) is 25.8 Å². The number of benzene rings is 2. The van der Waals surface area contributed by atoms with Crippen molar-refractivity contribution in [1.82, 2.24) is 10.6 Å². The molecule has 7 heteroatoms. The maximum atomic E-state index is 12.7. The van der Waals surface area contributed by atoms with Gasteiger partial charge in [-0.25, -0.2) is 4.79 Å². The van der Waals surface area contributed by atoms with Crippen LogP contribution < -0.4 is 10.6 Å². The Morgan fingerprint density at radius 1 is 0.971 bits per heavy atom. The molecule has 7 nitrogen and oxygen atoms in total. The third-order valence-corrected chi connectivity index (χ3v) is 7.55. The lowest BCUT2D eigenvalue weighted by Crippen LogP contribution is -2.48. The Balaban J connectivity index is 1.10. The molecule has 2 amide bonds. The van der Waals surface area contributed by atoms with E-state index in [0.717, 1.165) is 24.0 Å². The molecule has 0 bridgehead atoms. The maximum absolute atomic E-state index is 12.7. The Labute approximate surface area is 198 Å². The molecule has 0 unspecified atom stereocenters.